The number of benzene rings is 4. The topological polar surface area (TPSA) is 71.7 Å². The van der Waals surface area contributed by atoms with Gasteiger partial charge in [0.1, 0.15) is 11.5 Å². The third kappa shape index (κ3) is 3.95. The second-order valence-corrected chi connectivity index (χ2v) is 7.84. The molecule has 1 aliphatic rings. The molecule has 1 heterocycles. The Morgan fingerprint density at radius 1 is 0.562 bits per heavy atom. The van der Waals surface area contributed by atoms with Crippen molar-refractivity contribution < 1.29 is 10.2 Å². The number of rotatable bonds is 4. The SMILES string of the molecule is Oc1ccc2ccccc2c1/C=N\N1CCN(/N=C/c2c(O)ccc3ccccc23)CC1. The number of nitrogens with zero attached hydrogens (tertiary/aromatic N) is 4. The van der Waals surface area contributed by atoms with Crippen LogP contribution in [0.4, 0.5) is 0 Å². The molecule has 0 atom stereocenters. The van der Waals surface area contributed by atoms with Gasteiger partial charge in [-0.2, -0.15) is 10.2 Å². The van der Waals surface area contributed by atoms with E-state index in [1.807, 2.05) is 70.7 Å². The standard InChI is InChI=1S/C26H24N4O2/c31-25-11-9-19-5-1-3-7-21(19)23(25)17-27-29-13-15-30(16-14-29)28-18-24-22-8-4-2-6-20(22)10-12-26(24)32/h1-12,17-18,31-32H,13-16H2/b27-17-,28-18+. The quantitative estimate of drug-likeness (QED) is 0.477. The second kappa shape index (κ2) is 8.59. The Morgan fingerprint density at radius 2 is 0.969 bits per heavy atom. The van der Waals surface area contributed by atoms with Crippen LogP contribution in [0.1, 0.15) is 11.1 Å². The molecule has 1 saturated heterocycles. The highest BCUT2D eigenvalue weighted by Gasteiger charge is 2.14. The van der Waals surface area contributed by atoms with Crippen LogP contribution in [0.2, 0.25) is 0 Å². The third-order valence-corrected chi connectivity index (χ3v) is 5.83. The molecular weight excluding hydrogens is 400 g/mol. The molecule has 6 nitrogen and oxygen atoms in total. The molecule has 0 aromatic heterocycles. The van der Waals surface area contributed by atoms with E-state index in [4.69, 9.17) is 0 Å². The van der Waals surface area contributed by atoms with Crippen LogP contribution in [0.15, 0.2) is 83.0 Å². The smallest absolute Gasteiger partial charge is 0.125 e. The van der Waals surface area contributed by atoms with Crippen molar-refractivity contribution in [2.45, 2.75) is 0 Å². The highest BCUT2D eigenvalue weighted by Crippen LogP contribution is 2.26. The molecule has 5 rings (SSSR count). The summed E-state index contributed by atoms with van der Waals surface area (Å²) in [6, 6.07) is 23.2. The molecule has 0 radical (unpaired) electrons. The first-order valence-electron chi connectivity index (χ1n) is 10.7. The van der Waals surface area contributed by atoms with Gasteiger partial charge in [0.25, 0.3) is 0 Å². The van der Waals surface area contributed by atoms with Gasteiger partial charge in [0, 0.05) is 11.1 Å². The minimum Gasteiger partial charge on any atom is -0.507 e. The lowest BCUT2D eigenvalue weighted by molar-refractivity contribution is 0.141. The van der Waals surface area contributed by atoms with E-state index < -0.39 is 0 Å². The Balaban J connectivity index is 1.27. The molecular formula is C26H24N4O2. The van der Waals surface area contributed by atoms with E-state index in [9.17, 15) is 10.2 Å². The molecule has 1 fully saturated rings. The summed E-state index contributed by atoms with van der Waals surface area (Å²) in [7, 11) is 0. The molecule has 6 heteroatoms. The Labute approximate surface area is 186 Å². The largest absolute Gasteiger partial charge is 0.507 e. The number of hydrogen-bond acceptors (Lipinski definition) is 6. The molecule has 0 aliphatic carbocycles. The number of aromatic hydroxyl groups is 2. The molecule has 0 unspecified atom stereocenters. The van der Waals surface area contributed by atoms with E-state index in [1.54, 1.807) is 24.6 Å². The molecule has 4 aromatic rings. The Kier molecular flexibility index (Phi) is 5.34. The Bertz CT molecular complexity index is 1220. The molecule has 0 saturated carbocycles. The summed E-state index contributed by atoms with van der Waals surface area (Å²) in [6.45, 7) is 2.89. The maximum Gasteiger partial charge on any atom is 0.125 e. The van der Waals surface area contributed by atoms with Gasteiger partial charge in [0.15, 0.2) is 0 Å². The maximum atomic E-state index is 10.3. The van der Waals surface area contributed by atoms with Crippen molar-refractivity contribution in [1.29, 1.82) is 0 Å². The van der Waals surface area contributed by atoms with Gasteiger partial charge in [-0.15, -0.1) is 0 Å². The summed E-state index contributed by atoms with van der Waals surface area (Å²) < 4.78 is 0. The first-order chi connectivity index (χ1) is 15.7. The van der Waals surface area contributed by atoms with Crippen LogP contribution in [0.5, 0.6) is 11.5 Å². The molecule has 4 aromatic carbocycles. The fourth-order valence-corrected chi connectivity index (χ4v) is 4.03. The molecule has 160 valence electrons. The summed E-state index contributed by atoms with van der Waals surface area (Å²) in [5, 5.41) is 37.9. The van der Waals surface area contributed by atoms with Crippen molar-refractivity contribution in [2.75, 3.05) is 26.2 Å². The third-order valence-electron chi connectivity index (χ3n) is 5.83. The van der Waals surface area contributed by atoms with E-state index in [0.717, 1.165) is 58.9 Å². The average molecular weight is 425 g/mol. The molecule has 0 amide bonds. The monoisotopic (exact) mass is 424 g/mol. The van der Waals surface area contributed by atoms with Gasteiger partial charge >= 0.3 is 0 Å². The minimum absolute atomic E-state index is 0.227. The van der Waals surface area contributed by atoms with Gasteiger partial charge < -0.3 is 10.2 Å². The lowest BCUT2D eigenvalue weighted by Gasteiger charge is -2.31. The summed E-state index contributed by atoms with van der Waals surface area (Å²) in [5.41, 5.74) is 1.46. The van der Waals surface area contributed by atoms with Crippen molar-refractivity contribution in [3.63, 3.8) is 0 Å². The van der Waals surface area contributed by atoms with Crippen molar-refractivity contribution in [2.24, 2.45) is 10.2 Å². The number of phenolic OH excluding ortho intramolecular Hbond substituents is 2. The maximum absolute atomic E-state index is 10.3. The summed E-state index contributed by atoms with van der Waals surface area (Å²) in [5.74, 6) is 0.455. The van der Waals surface area contributed by atoms with Crippen molar-refractivity contribution in [3.8, 4) is 11.5 Å². The van der Waals surface area contributed by atoms with Crippen LogP contribution in [-0.4, -0.2) is 58.8 Å². The first kappa shape index (κ1) is 19.9. The fraction of sp³-hybridized carbons (Fsp3) is 0.154. The van der Waals surface area contributed by atoms with Gasteiger partial charge in [-0.1, -0.05) is 60.7 Å². The number of hydrogen-bond donors (Lipinski definition) is 2. The molecule has 1 aliphatic heterocycles. The average Bonchev–Trinajstić information content (AvgIpc) is 2.83. The predicted octanol–water partition coefficient (Wildman–Crippen LogP) is 4.39. The van der Waals surface area contributed by atoms with Gasteiger partial charge in [0.05, 0.1) is 38.6 Å². The summed E-state index contributed by atoms with van der Waals surface area (Å²) in [6.07, 6.45) is 3.48. The summed E-state index contributed by atoms with van der Waals surface area (Å²) in [4.78, 5) is 0. The van der Waals surface area contributed by atoms with Gasteiger partial charge in [0.2, 0.25) is 0 Å². The first-order valence-corrected chi connectivity index (χ1v) is 10.7. The Morgan fingerprint density at radius 3 is 1.41 bits per heavy atom. The van der Waals surface area contributed by atoms with Gasteiger partial charge in [-0.05, 0) is 33.7 Å². The zero-order chi connectivity index (χ0) is 21.9. The number of hydrazone groups is 2. The van der Waals surface area contributed by atoms with Crippen molar-refractivity contribution >= 4 is 34.0 Å². The van der Waals surface area contributed by atoms with E-state index in [-0.39, 0.29) is 11.5 Å². The van der Waals surface area contributed by atoms with Crippen LogP contribution in [-0.2, 0) is 0 Å². The number of phenols is 2. The molecule has 0 bridgehead atoms. The van der Waals surface area contributed by atoms with Crippen LogP contribution in [0.3, 0.4) is 0 Å². The van der Waals surface area contributed by atoms with Crippen LogP contribution < -0.4 is 0 Å². The Hall–Kier alpha value is -4.06. The number of piperazine rings is 1. The normalized spacial score (nSPS) is 14.9. The van der Waals surface area contributed by atoms with E-state index >= 15 is 0 Å². The highest BCUT2D eigenvalue weighted by atomic mass is 16.3. The summed E-state index contributed by atoms with van der Waals surface area (Å²) >= 11 is 0. The van der Waals surface area contributed by atoms with E-state index in [1.165, 1.54) is 0 Å². The van der Waals surface area contributed by atoms with Gasteiger partial charge in [-0.3, -0.25) is 10.0 Å². The highest BCUT2D eigenvalue weighted by molar-refractivity contribution is 6.03. The van der Waals surface area contributed by atoms with Crippen LogP contribution in [0, 0.1) is 0 Å². The fourth-order valence-electron chi connectivity index (χ4n) is 4.03. The molecule has 0 spiro atoms. The molecule has 32 heavy (non-hydrogen) atoms. The minimum atomic E-state index is 0.227. The molecule has 2 N–H and O–H groups in total. The van der Waals surface area contributed by atoms with Crippen LogP contribution >= 0.6 is 0 Å². The van der Waals surface area contributed by atoms with Crippen molar-refractivity contribution in [1.82, 2.24) is 10.0 Å². The van der Waals surface area contributed by atoms with E-state index in [2.05, 4.69) is 10.2 Å². The zero-order valence-corrected chi connectivity index (χ0v) is 17.6. The lowest BCUT2D eigenvalue weighted by atomic mass is 10.0. The number of fused-ring (bicyclic) bond motifs is 2. The van der Waals surface area contributed by atoms with E-state index in [0.29, 0.717) is 0 Å². The lowest BCUT2D eigenvalue weighted by Crippen LogP contribution is -2.41. The second-order valence-electron chi connectivity index (χ2n) is 7.84. The van der Waals surface area contributed by atoms with Gasteiger partial charge in [-0.25, -0.2) is 0 Å². The zero-order valence-electron chi connectivity index (χ0n) is 17.6. The van der Waals surface area contributed by atoms with Crippen molar-refractivity contribution in [3.05, 3.63) is 83.9 Å². The predicted molar refractivity (Wildman–Crippen MR) is 130 cm³/mol. The van der Waals surface area contributed by atoms with Crippen LogP contribution in [0.25, 0.3) is 21.5 Å².